The van der Waals surface area contributed by atoms with Crippen LogP contribution in [-0.2, 0) is 11.2 Å². The average Bonchev–Trinajstić information content (AvgIpc) is 2.30. The molecular weight excluding hydrogens is 292 g/mol. The van der Waals surface area contributed by atoms with Gasteiger partial charge in [0.25, 0.3) is 0 Å². The lowest BCUT2D eigenvalue weighted by Gasteiger charge is -2.23. The lowest BCUT2D eigenvalue weighted by molar-refractivity contribution is 0.0636. The maximum absolute atomic E-state index is 11.7. The minimum absolute atomic E-state index is 0.160. The molecule has 1 atom stereocenters. The SMILES string of the molecule is CC(N)(CO)Cc1cc(NC(=O)OC(C)(C)C)ccc1Cl. The van der Waals surface area contributed by atoms with Crippen molar-refractivity contribution < 1.29 is 14.6 Å². The normalized spacial score (nSPS) is 14.4. The first-order valence-electron chi connectivity index (χ1n) is 6.70. The summed E-state index contributed by atoms with van der Waals surface area (Å²) in [5.41, 5.74) is 5.92. The summed E-state index contributed by atoms with van der Waals surface area (Å²) in [6.07, 6.45) is -0.139. The lowest BCUT2D eigenvalue weighted by Crippen LogP contribution is -2.42. The Hall–Kier alpha value is -1.30. The number of amides is 1. The first-order chi connectivity index (χ1) is 9.52. The molecule has 0 aliphatic carbocycles. The van der Waals surface area contributed by atoms with Gasteiger partial charge >= 0.3 is 6.09 Å². The summed E-state index contributed by atoms with van der Waals surface area (Å²) in [4.78, 5) is 11.7. The third kappa shape index (κ3) is 6.33. The number of nitrogens with one attached hydrogen (secondary N) is 1. The van der Waals surface area contributed by atoms with Gasteiger partial charge in [-0.3, -0.25) is 5.32 Å². The van der Waals surface area contributed by atoms with E-state index in [1.807, 2.05) is 0 Å². The van der Waals surface area contributed by atoms with Crippen LogP contribution in [0.4, 0.5) is 10.5 Å². The third-order valence-electron chi connectivity index (χ3n) is 2.65. The predicted octanol–water partition coefficient (Wildman–Crippen LogP) is 2.94. The van der Waals surface area contributed by atoms with E-state index in [2.05, 4.69) is 5.32 Å². The van der Waals surface area contributed by atoms with E-state index in [1.165, 1.54) is 0 Å². The Morgan fingerprint density at radius 3 is 2.52 bits per heavy atom. The zero-order valence-corrected chi connectivity index (χ0v) is 13.6. The lowest BCUT2D eigenvalue weighted by atomic mass is 9.94. The van der Waals surface area contributed by atoms with E-state index in [9.17, 15) is 9.90 Å². The fourth-order valence-corrected chi connectivity index (χ4v) is 1.88. The molecule has 6 heteroatoms. The Kier molecular flexibility index (Phi) is 5.61. The van der Waals surface area contributed by atoms with Crippen molar-refractivity contribution in [3.05, 3.63) is 28.8 Å². The van der Waals surface area contributed by atoms with Gasteiger partial charge in [0.05, 0.1) is 6.61 Å². The molecule has 118 valence electrons. The van der Waals surface area contributed by atoms with Crippen LogP contribution in [0, 0.1) is 0 Å². The predicted molar refractivity (Wildman–Crippen MR) is 84.7 cm³/mol. The maximum Gasteiger partial charge on any atom is 0.412 e. The average molecular weight is 315 g/mol. The summed E-state index contributed by atoms with van der Waals surface area (Å²) in [5, 5.41) is 12.4. The van der Waals surface area contributed by atoms with Crippen LogP contribution in [0.15, 0.2) is 18.2 Å². The molecule has 0 aromatic heterocycles. The van der Waals surface area contributed by atoms with E-state index in [-0.39, 0.29) is 6.61 Å². The molecule has 0 spiro atoms. The number of halogens is 1. The molecule has 1 aromatic carbocycles. The molecule has 0 fully saturated rings. The van der Waals surface area contributed by atoms with Crippen molar-refractivity contribution in [3.63, 3.8) is 0 Å². The van der Waals surface area contributed by atoms with Crippen molar-refractivity contribution in [2.75, 3.05) is 11.9 Å². The number of hydrogen-bond acceptors (Lipinski definition) is 4. The van der Waals surface area contributed by atoms with Crippen LogP contribution in [0.2, 0.25) is 5.02 Å². The number of benzene rings is 1. The number of carbonyl (C=O) groups is 1. The van der Waals surface area contributed by atoms with Crippen molar-refractivity contribution in [1.82, 2.24) is 0 Å². The summed E-state index contributed by atoms with van der Waals surface area (Å²) in [6.45, 7) is 6.95. The van der Waals surface area contributed by atoms with Crippen LogP contribution in [0.3, 0.4) is 0 Å². The maximum atomic E-state index is 11.7. The van der Waals surface area contributed by atoms with Gasteiger partial charge in [-0.2, -0.15) is 0 Å². The highest BCUT2D eigenvalue weighted by Gasteiger charge is 2.20. The van der Waals surface area contributed by atoms with Crippen LogP contribution >= 0.6 is 11.6 Å². The van der Waals surface area contributed by atoms with E-state index < -0.39 is 17.2 Å². The molecule has 0 radical (unpaired) electrons. The van der Waals surface area contributed by atoms with Crippen LogP contribution in [-0.4, -0.2) is 28.9 Å². The first kappa shape index (κ1) is 17.8. The van der Waals surface area contributed by atoms with Crippen LogP contribution in [0.1, 0.15) is 33.3 Å². The Morgan fingerprint density at radius 2 is 2.00 bits per heavy atom. The number of hydrogen-bond donors (Lipinski definition) is 3. The number of carbonyl (C=O) groups excluding carboxylic acids is 1. The van der Waals surface area contributed by atoms with Crippen molar-refractivity contribution in [2.24, 2.45) is 5.73 Å². The van der Waals surface area contributed by atoms with Gasteiger partial charge in [0.2, 0.25) is 0 Å². The summed E-state index contributed by atoms with van der Waals surface area (Å²) < 4.78 is 5.19. The van der Waals surface area contributed by atoms with Crippen molar-refractivity contribution >= 4 is 23.4 Å². The topological polar surface area (TPSA) is 84.6 Å². The minimum atomic E-state index is -0.770. The molecule has 0 aliphatic heterocycles. The number of aliphatic hydroxyl groups excluding tert-OH is 1. The highest BCUT2D eigenvalue weighted by molar-refractivity contribution is 6.31. The Balaban J connectivity index is 2.85. The van der Waals surface area contributed by atoms with Gasteiger partial charge < -0.3 is 15.6 Å². The van der Waals surface area contributed by atoms with Crippen LogP contribution in [0.25, 0.3) is 0 Å². The van der Waals surface area contributed by atoms with Gasteiger partial charge in [-0.25, -0.2) is 4.79 Å². The number of nitrogens with two attached hydrogens (primary N) is 1. The Labute approximate surface area is 130 Å². The van der Waals surface area contributed by atoms with E-state index in [0.717, 1.165) is 5.56 Å². The van der Waals surface area contributed by atoms with Gasteiger partial charge in [0.15, 0.2) is 0 Å². The quantitative estimate of drug-likeness (QED) is 0.797. The second-order valence-corrected chi connectivity index (χ2v) is 6.83. The molecule has 0 saturated heterocycles. The fourth-order valence-electron chi connectivity index (χ4n) is 1.70. The third-order valence-corrected chi connectivity index (χ3v) is 3.02. The molecule has 1 aromatic rings. The highest BCUT2D eigenvalue weighted by atomic mass is 35.5. The Morgan fingerprint density at radius 1 is 1.38 bits per heavy atom. The molecule has 0 bridgehead atoms. The summed E-state index contributed by atoms with van der Waals surface area (Å²) >= 11 is 6.12. The van der Waals surface area contributed by atoms with E-state index in [4.69, 9.17) is 22.1 Å². The molecule has 1 rings (SSSR count). The first-order valence-corrected chi connectivity index (χ1v) is 7.08. The van der Waals surface area contributed by atoms with E-state index in [0.29, 0.717) is 17.1 Å². The molecule has 1 unspecified atom stereocenters. The molecule has 0 saturated carbocycles. The molecule has 21 heavy (non-hydrogen) atoms. The number of rotatable bonds is 4. The monoisotopic (exact) mass is 314 g/mol. The fraction of sp³-hybridized carbons (Fsp3) is 0.533. The van der Waals surface area contributed by atoms with Crippen molar-refractivity contribution in [2.45, 2.75) is 45.3 Å². The highest BCUT2D eigenvalue weighted by Crippen LogP contribution is 2.24. The van der Waals surface area contributed by atoms with Crippen molar-refractivity contribution in [3.8, 4) is 0 Å². The van der Waals surface area contributed by atoms with Gasteiger partial charge in [0, 0.05) is 16.2 Å². The number of ether oxygens (including phenoxy) is 1. The van der Waals surface area contributed by atoms with E-state index in [1.54, 1.807) is 45.9 Å². The summed E-state index contributed by atoms with van der Waals surface area (Å²) in [6, 6.07) is 5.09. The zero-order chi connectivity index (χ0) is 16.3. The number of aliphatic hydroxyl groups is 1. The molecule has 5 nitrogen and oxygen atoms in total. The van der Waals surface area contributed by atoms with Crippen LogP contribution in [0.5, 0.6) is 0 Å². The second-order valence-electron chi connectivity index (χ2n) is 6.42. The second kappa shape index (κ2) is 6.64. The van der Waals surface area contributed by atoms with Gasteiger partial charge in [-0.05, 0) is 57.9 Å². The number of anilines is 1. The molecular formula is C15H23ClN2O3. The van der Waals surface area contributed by atoms with Gasteiger partial charge in [-0.1, -0.05) is 11.6 Å². The summed E-state index contributed by atoms with van der Waals surface area (Å²) in [5.74, 6) is 0. The van der Waals surface area contributed by atoms with Crippen LogP contribution < -0.4 is 11.1 Å². The summed E-state index contributed by atoms with van der Waals surface area (Å²) in [7, 11) is 0. The minimum Gasteiger partial charge on any atom is -0.444 e. The smallest absolute Gasteiger partial charge is 0.412 e. The molecule has 4 N–H and O–H groups in total. The molecule has 0 heterocycles. The molecule has 1 amide bonds. The zero-order valence-electron chi connectivity index (χ0n) is 12.9. The largest absolute Gasteiger partial charge is 0.444 e. The van der Waals surface area contributed by atoms with E-state index >= 15 is 0 Å². The standard InChI is InChI=1S/C15H23ClN2O3/c1-14(2,3)21-13(20)18-11-5-6-12(16)10(7-11)8-15(4,17)9-19/h5-7,19H,8-9,17H2,1-4H3,(H,18,20). The Bertz CT molecular complexity index is 510. The van der Waals surface area contributed by atoms with Crippen molar-refractivity contribution in [1.29, 1.82) is 0 Å². The van der Waals surface area contributed by atoms with Gasteiger partial charge in [-0.15, -0.1) is 0 Å². The molecule has 0 aliphatic rings. The van der Waals surface area contributed by atoms with Gasteiger partial charge in [0.1, 0.15) is 5.60 Å².